The number of aryl methyl sites for hydroxylation is 1. The Bertz CT molecular complexity index is 948. The first-order valence-corrected chi connectivity index (χ1v) is 11.2. The molecule has 4 rings (SSSR count). The van der Waals surface area contributed by atoms with Gasteiger partial charge in [0.25, 0.3) is 5.91 Å². The third-order valence-electron chi connectivity index (χ3n) is 6.91. The molecule has 2 N–H and O–H groups in total. The van der Waals surface area contributed by atoms with Crippen LogP contribution in [0, 0.1) is 18.8 Å². The fourth-order valence-corrected chi connectivity index (χ4v) is 6.05. The summed E-state index contributed by atoms with van der Waals surface area (Å²) in [5.74, 6) is -3.79. The second-order valence-electron chi connectivity index (χ2n) is 8.65. The number of aliphatic hydroxyl groups excluding tert-OH is 1. The zero-order valence-corrected chi connectivity index (χ0v) is 18.6. The zero-order valence-electron chi connectivity index (χ0n) is 17.9. The summed E-state index contributed by atoms with van der Waals surface area (Å²) < 4.78 is 6.18. The van der Waals surface area contributed by atoms with Gasteiger partial charge in [-0.05, 0) is 37.8 Å². The number of hydrogen-bond donors (Lipinski definition) is 2. The summed E-state index contributed by atoms with van der Waals surface area (Å²) in [5.41, 5.74) is 0.107. The molecular formula is C23H27ClN2O6. The number of carboxylic acid groups (broad SMARTS) is 1. The summed E-state index contributed by atoms with van der Waals surface area (Å²) >= 11 is 6.46. The molecule has 1 spiro atoms. The lowest BCUT2D eigenvalue weighted by atomic mass is 9.70. The molecule has 172 valence electrons. The minimum absolute atomic E-state index is 0.133. The Morgan fingerprint density at radius 1 is 1.44 bits per heavy atom. The normalized spacial score (nSPS) is 30.5. The summed E-state index contributed by atoms with van der Waals surface area (Å²) in [6, 6.07) is 4.32. The molecule has 0 aliphatic carbocycles. The minimum atomic E-state index is -1.20. The first-order chi connectivity index (χ1) is 15.3. The molecule has 0 unspecified atom stereocenters. The number of rotatable bonds is 8. The van der Waals surface area contributed by atoms with Gasteiger partial charge in [0.2, 0.25) is 5.91 Å². The van der Waals surface area contributed by atoms with E-state index in [-0.39, 0.29) is 32.0 Å². The maximum Gasteiger partial charge on any atom is 0.310 e. The van der Waals surface area contributed by atoms with Gasteiger partial charge in [-0.2, -0.15) is 0 Å². The van der Waals surface area contributed by atoms with Gasteiger partial charge in [-0.25, -0.2) is 0 Å². The van der Waals surface area contributed by atoms with Gasteiger partial charge in [0.1, 0.15) is 11.6 Å². The van der Waals surface area contributed by atoms with Gasteiger partial charge in [-0.1, -0.05) is 29.8 Å². The van der Waals surface area contributed by atoms with Gasteiger partial charge in [0.15, 0.2) is 0 Å². The highest BCUT2D eigenvalue weighted by Crippen LogP contribution is 2.58. The summed E-state index contributed by atoms with van der Waals surface area (Å²) in [4.78, 5) is 42.4. The predicted octanol–water partition coefficient (Wildman–Crippen LogP) is 2.01. The number of carbonyl (C=O) groups excluding carboxylic acids is 2. The van der Waals surface area contributed by atoms with Crippen molar-refractivity contribution in [3.63, 3.8) is 0 Å². The number of para-hydroxylation sites is 1. The Labute approximate surface area is 191 Å². The number of likely N-dealkylation sites (tertiary alicyclic amines) is 1. The molecule has 0 radical (unpaired) electrons. The van der Waals surface area contributed by atoms with Crippen molar-refractivity contribution in [2.75, 3.05) is 24.6 Å². The van der Waals surface area contributed by atoms with E-state index >= 15 is 0 Å². The van der Waals surface area contributed by atoms with Crippen LogP contribution in [0.5, 0.6) is 0 Å². The first kappa shape index (κ1) is 22.8. The Morgan fingerprint density at radius 2 is 2.19 bits per heavy atom. The molecule has 0 saturated carbocycles. The first-order valence-electron chi connectivity index (χ1n) is 10.8. The van der Waals surface area contributed by atoms with Crippen LogP contribution < -0.4 is 4.90 Å². The van der Waals surface area contributed by atoms with E-state index in [2.05, 4.69) is 6.58 Å². The van der Waals surface area contributed by atoms with Gasteiger partial charge in [0.05, 0.1) is 28.6 Å². The number of anilines is 1. The molecule has 0 aromatic heterocycles. The zero-order chi connectivity index (χ0) is 23.2. The summed E-state index contributed by atoms with van der Waals surface area (Å²) in [5, 5.41) is 19.6. The number of ether oxygens (including phenoxy) is 1. The van der Waals surface area contributed by atoms with E-state index in [4.69, 9.17) is 16.3 Å². The third-order valence-corrected chi connectivity index (χ3v) is 7.22. The number of fused-ring (bicyclic) bond motifs is 1. The standard InChI is InChI=1S/C23H27ClN2O6/c1-3-10-25(18-13(2)6-4-7-14(18)24)21(29)19-23-9-8-15(32-23)16(22(30)31)17(23)20(28)26(19)11-5-12-27/h3-4,6-7,15-17,19,27H,1,5,8-12H2,2H3,(H,30,31)/t15-,16+,17+,19-,23+/m0/s1. The van der Waals surface area contributed by atoms with Gasteiger partial charge < -0.3 is 24.7 Å². The van der Waals surface area contributed by atoms with Crippen molar-refractivity contribution in [1.29, 1.82) is 0 Å². The van der Waals surface area contributed by atoms with Crippen LogP contribution in [0.4, 0.5) is 5.69 Å². The van der Waals surface area contributed by atoms with E-state index < -0.39 is 41.5 Å². The Hall–Kier alpha value is -2.42. The molecule has 1 aromatic rings. The minimum Gasteiger partial charge on any atom is -0.481 e. The molecular weight excluding hydrogens is 436 g/mol. The molecule has 32 heavy (non-hydrogen) atoms. The van der Waals surface area contributed by atoms with Crippen molar-refractivity contribution in [3.8, 4) is 0 Å². The SMILES string of the molecule is C=CCN(C(=O)[C@@H]1N(CCCO)C(=O)[C@H]2[C@H](C(=O)O)[C@@H]3CC[C@]12O3)c1c(C)cccc1Cl. The number of carbonyl (C=O) groups is 3. The molecule has 1 aromatic carbocycles. The van der Waals surface area contributed by atoms with Crippen LogP contribution in [0.15, 0.2) is 30.9 Å². The van der Waals surface area contributed by atoms with Crippen molar-refractivity contribution < 1.29 is 29.3 Å². The molecule has 5 atom stereocenters. The number of halogens is 1. The number of amides is 2. The second kappa shape index (κ2) is 8.50. The molecule has 3 fully saturated rings. The van der Waals surface area contributed by atoms with E-state index in [1.54, 1.807) is 18.2 Å². The Kier molecular flexibility index (Phi) is 6.04. The van der Waals surface area contributed by atoms with Crippen molar-refractivity contribution in [3.05, 3.63) is 41.4 Å². The number of carboxylic acids is 1. The molecule has 2 amide bonds. The summed E-state index contributed by atoms with van der Waals surface area (Å²) in [6.07, 6.45) is 2.16. The molecule has 3 aliphatic rings. The molecule has 2 bridgehead atoms. The third kappa shape index (κ3) is 3.24. The fourth-order valence-electron chi connectivity index (χ4n) is 5.73. The van der Waals surface area contributed by atoms with Crippen LogP contribution in [0.3, 0.4) is 0 Å². The lowest BCUT2D eigenvalue weighted by Gasteiger charge is -2.37. The number of nitrogens with zero attached hydrogens (tertiary/aromatic N) is 2. The molecule has 3 aliphatic heterocycles. The smallest absolute Gasteiger partial charge is 0.310 e. The van der Waals surface area contributed by atoms with Gasteiger partial charge in [0, 0.05) is 19.7 Å². The van der Waals surface area contributed by atoms with Crippen molar-refractivity contribution in [2.45, 2.75) is 43.9 Å². The van der Waals surface area contributed by atoms with Crippen LogP contribution in [0.1, 0.15) is 24.8 Å². The van der Waals surface area contributed by atoms with E-state index in [1.807, 2.05) is 13.0 Å². The molecule has 8 nitrogen and oxygen atoms in total. The van der Waals surface area contributed by atoms with E-state index in [0.717, 1.165) is 5.56 Å². The fraction of sp³-hybridized carbons (Fsp3) is 0.522. The molecule has 3 saturated heterocycles. The van der Waals surface area contributed by atoms with E-state index in [1.165, 1.54) is 9.80 Å². The Morgan fingerprint density at radius 3 is 2.81 bits per heavy atom. The van der Waals surface area contributed by atoms with Crippen molar-refractivity contribution >= 4 is 35.1 Å². The highest BCUT2D eigenvalue weighted by atomic mass is 35.5. The lowest BCUT2D eigenvalue weighted by Crippen LogP contribution is -2.56. The molecule has 9 heteroatoms. The summed E-state index contributed by atoms with van der Waals surface area (Å²) in [7, 11) is 0. The maximum atomic E-state index is 14.1. The average molecular weight is 463 g/mol. The van der Waals surface area contributed by atoms with Crippen LogP contribution in [0.2, 0.25) is 5.02 Å². The highest BCUT2D eigenvalue weighted by Gasteiger charge is 2.74. The largest absolute Gasteiger partial charge is 0.481 e. The predicted molar refractivity (Wildman–Crippen MR) is 117 cm³/mol. The highest BCUT2D eigenvalue weighted by molar-refractivity contribution is 6.34. The van der Waals surface area contributed by atoms with Gasteiger partial charge in [-0.3, -0.25) is 14.4 Å². The second-order valence-corrected chi connectivity index (χ2v) is 9.05. The van der Waals surface area contributed by atoms with E-state index in [0.29, 0.717) is 23.6 Å². The maximum absolute atomic E-state index is 14.1. The van der Waals surface area contributed by atoms with Gasteiger partial charge >= 0.3 is 5.97 Å². The average Bonchev–Trinajstić information content (AvgIpc) is 3.38. The number of benzene rings is 1. The monoisotopic (exact) mass is 462 g/mol. The van der Waals surface area contributed by atoms with Crippen LogP contribution in [-0.4, -0.2) is 70.3 Å². The van der Waals surface area contributed by atoms with E-state index in [9.17, 15) is 24.6 Å². The van der Waals surface area contributed by atoms with Gasteiger partial charge in [-0.15, -0.1) is 6.58 Å². The number of aliphatic carboxylic acids is 1. The number of hydrogen-bond acceptors (Lipinski definition) is 5. The van der Waals surface area contributed by atoms with Crippen LogP contribution in [0.25, 0.3) is 0 Å². The van der Waals surface area contributed by atoms with Crippen LogP contribution in [-0.2, 0) is 19.1 Å². The topological polar surface area (TPSA) is 107 Å². The quantitative estimate of drug-likeness (QED) is 0.572. The van der Waals surface area contributed by atoms with Crippen LogP contribution >= 0.6 is 11.6 Å². The van der Waals surface area contributed by atoms with Crippen molar-refractivity contribution in [2.24, 2.45) is 11.8 Å². The molecule has 3 heterocycles. The summed E-state index contributed by atoms with van der Waals surface area (Å²) in [6.45, 7) is 5.74. The van der Waals surface area contributed by atoms with Crippen molar-refractivity contribution in [1.82, 2.24) is 4.90 Å². The number of aliphatic hydroxyl groups is 1. The lowest BCUT2D eigenvalue weighted by molar-refractivity contribution is -0.149. The Balaban J connectivity index is 1.81.